The van der Waals surface area contributed by atoms with Crippen molar-refractivity contribution in [3.05, 3.63) is 102 Å². The Bertz CT molecular complexity index is 1220. The number of nitrogens with zero attached hydrogens (tertiary/aromatic N) is 2. The van der Waals surface area contributed by atoms with Crippen molar-refractivity contribution >= 4 is 27.3 Å². The Hall–Kier alpha value is -3.09. The number of hydrogen-bond donors (Lipinski definition) is 1. The first-order chi connectivity index (χ1) is 14.0. The van der Waals surface area contributed by atoms with Crippen LogP contribution in [0.4, 0.5) is 5.69 Å². The SMILES string of the molecule is O=S(=O)(Nc1ccccc1Cl)c1cn(Cc2ccccc2)nc1-c1ccccc1. The molecule has 4 rings (SSSR count). The van der Waals surface area contributed by atoms with Gasteiger partial charge in [-0.15, -0.1) is 0 Å². The van der Waals surface area contributed by atoms with Crippen LogP contribution >= 0.6 is 11.6 Å². The minimum Gasteiger partial charge on any atom is -0.278 e. The van der Waals surface area contributed by atoms with Crippen LogP contribution in [0.2, 0.25) is 5.02 Å². The molecule has 146 valence electrons. The van der Waals surface area contributed by atoms with Crippen LogP contribution in [0.5, 0.6) is 0 Å². The fourth-order valence-electron chi connectivity index (χ4n) is 2.99. The number of benzene rings is 3. The van der Waals surface area contributed by atoms with Crippen molar-refractivity contribution in [2.24, 2.45) is 0 Å². The van der Waals surface area contributed by atoms with Crippen LogP contribution in [0.1, 0.15) is 5.56 Å². The van der Waals surface area contributed by atoms with E-state index in [2.05, 4.69) is 9.82 Å². The molecule has 0 amide bonds. The summed E-state index contributed by atoms with van der Waals surface area (Å²) in [5.74, 6) is 0. The number of para-hydroxylation sites is 1. The molecule has 0 atom stereocenters. The molecular weight excluding hydrogens is 406 g/mol. The van der Waals surface area contributed by atoms with Gasteiger partial charge in [-0.25, -0.2) is 8.42 Å². The van der Waals surface area contributed by atoms with E-state index >= 15 is 0 Å². The van der Waals surface area contributed by atoms with E-state index in [1.165, 1.54) is 0 Å². The van der Waals surface area contributed by atoms with Crippen LogP contribution in [0, 0.1) is 0 Å². The molecule has 0 aliphatic carbocycles. The van der Waals surface area contributed by atoms with E-state index in [1.807, 2.05) is 60.7 Å². The summed E-state index contributed by atoms with van der Waals surface area (Å²) in [6, 6.07) is 25.7. The quantitative estimate of drug-likeness (QED) is 0.471. The Kier molecular flexibility index (Phi) is 5.38. The molecule has 0 spiro atoms. The maximum absolute atomic E-state index is 13.2. The molecule has 0 aliphatic heterocycles. The lowest BCUT2D eigenvalue weighted by molar-refractivity contribution is 0.601. The molecular formula is C22H18ClN3O2S. The third-order valence-corrected chi connectivity index (χ3v) is 6.07. The summed E-state index contributed by atoms with van der Waals surface area (Å²) in [7, 11) is -3.90. The molecule has 1 N–H and O–H groups in total. The molecule has 5 nitrogen and oxygen atoms in total. The zero-order valence-electron chi connectivity index (χ0n) is 15.4. The number of nitrogens with one attached hydrogen (secondary N) is 1. The average molecular weight is 424 g/mol. The summed E-state index contributed by atoms with van der Waals surface area (Å²) >= 11 is 6.14. The summed E-state index contributed by atoms with van der Waals surface area (Å²) in [6.45, 7) is 0.461. The Morgan fingerprint density at radius 3 is 2.17 bits per heavy atom. The second-order valence-electron chi connectivity index (χ2n) is 6.48. The molecule has 0 unspecified atom stereocenters. The molecule has 0 radical (unpaired) electrons. The van der Waals surface area contributed by atoms with Gasteiger partial charge in [-0.1, -0.05) is 84.4 Å². The predicted octanol–water partition coefficient (Wildman–Crippen LogP) is 5.05. The van der Waals surface area contributed by atoms with Gasteiger partial charge in [-0.2, -0.15) is 5.10 Å². The van der Waals surface area contributed by atoms with Crippen LogP contribution in [0.3, 0.4) is 0 Å². The molecule has 0 fully saturated rings. The number of anilines is 1. The lowest BCUT2D eigenvalue weighted by Gasteiger charge is -2.09. The minimum atomic E-state index is -3.90. The van der Waals surface area contributed by atoms with Crippen molar-refractivity contribution in [2.45, 2.75) is 11.4 Å². The zero-order valence-corrected chi connectivity index (χ0v) is 16.9. The summed E-state index contributed by atoms with van der Waals surface area (Å²) in [5.41, 5.74) is 2.46. The van der Waals surface area contributed by atoms with Crippen molar-refractivity contribution in [3.63, 3.8) is 0 Å². The fourth-order valence-corrected chi connectivity index (χ4v) is 4.48. The average Bonchev–Trinajstić information content (AvgIpc) is 3.16. The van der Waals surface area contributed by atoms with Gasteiger partial charge in [0.1, 0.15) is 10.6 Å². The highest BCUT2D eigenvalue weighted by Crippen LogP contribution is 2.29. The summed E-state index contributed by atoms with van der Waals surface area (Å²) in [4.78, 5) is 0.0968. The van der Waals surface area contributed by atoms with Crippen molar-refractivity contribution < 1.29 is 8.42 Å². The van der Waals surface area contributed by atoms with E-state index in [0.29, 0.717) is 22.9 Å². The lowest BCUT2D eigenvalue weighted by Crippen LogP contribution is -2.13. The van der Waals surface area contributed by atoms with E-state index in [1.54, 1.807) is 35.1 Å². The zero-order chi connectivity index (χ0) is 20.3. The van der Waals surface area contributed by atoms with Gasteiger partial charge in [0.2, 0.25) is 0 Å². The number of aromatic nitrogens is 2. The highest BCUT2D eigenvalue weighted by Gasteiger charge is 2.24. The smallest absolute Gasteiger partial charge is 0.265 e. The van der Waals surface area contributed by atoms with E-state index in [0.717, 1.165) is 11.1 Å². The van der Waals surface area contributed by atoms with Gasteiger partial charge in [-0.05, 0) is 17.7 Å². The first-order valence-electron chi connectivity index (χ1n) is 8.97. The van der Waals surface area contributed by atoms with Gasteiger partial charge in [0.05, 0.1) is 17.3 Å². The van der Waals surface area contributed by atoms with Crippen molar-refractivity contribution in [1.82, 2.24) is 9.78 Å². The highest BCUT2D eigenvalue weighted by atomic mass is 35.5. The lowest BCUT2D eigenvalue weighted by atomic mass is 10.2. The molecule has 0 saturated heterocycles. The van der Waals surface area contributed by atoms with E-state index in [4.69, 9.17) is 11.6 Å². The second kappa shape index (κ2) is 8.11. The summed E-state index contributed by atoms with van der Waals surface area (Å²) < 4.78 is 30.6. The molecule has 7 heteroatoms. The van der Waals surface area contributed by atoms with Gasteiger partial charge in [0, 0.05) is 11.8 Å². The Morgan fingerprint density at radius 1 is 0.862 bits per heavy atom. The number of halogens is 1. The van der Waals surface area contributed by atoms with Crippen molar-refractivity contribution in [1.29, 1.82) is 0 Å². The monoisotopic (exact) mass is 423 g/mol. The molecule has 4 aromatic rings. The van der Waals surface area contributed by atoms with E-state index in [-0.39, 0.29) is 4.90 Å². The number of rotatable bonds is 6. The first kappa shape index (κ1) is 19.2. The Balaban J connectivity index is 1.77. The Labute approximate surface area is 174 Å². The van der Waals surface area contributed by atoms with E-state index < -0.39 is 10.0 Å². The molecule has 29 heavy (non-hydrogen) atoms. The summed E-state index contributed by atoms with van der Waals surface area (Å²) in [5, 5.41) is 4.90. The third-order valence-electron chi connectivity index (χ3n) is 4.37. The van der Waals surface area contributed by atoms with Gasteiger partial charge in [-0.3, -0.25) is 9.40 Å². The normalized spacial score (nSPS) is 11.3. The van der Waals surface area contributed by atoms with Crippen LogP contribution in [-0.2, 0) is 16.6 Å². The molecule has 0 aliphatic rings. The molecule has 1 heterocycles. The van der Waals surface area contributed by atoms with Gasteiger partial charge >= 0.3 is 0 Å². The second-order valence-corrected chi connectivity index (χ2v) is 8.53. The van der Waals surface area contributed by atoms with Crippen molar-refractivity contribution in [3.8, 4) is 11.3 Å². The van der Waals surface area contributed by atoms with Crippen LogP contribution in [-0.4, -0.2) is 18.2 Å². The molecule has 0 bridgehead atoms. The topological polar surface area (TPSA) is 64.0 Å². The standard InChI is InChI=1S/C22H18ClN3O2S/c23-19-13-7-8-14-20(19)25-29(27,28)21-16-26(15-17-9-3-1-4-10-17)24-22(21)18-11-5-2-6-12-18/h1-14,16,25H,15H2. The summed E-state index contributed by atoms with van der Waals surface area (Å²) in [6.07, 6.45) is 1.55. The number of sulfonamides is 1. The van der Waals surface area contributed by atoms with Gasteiger partial charge < -0.3 is 0 Å². The maximum Gasteiger partial charge on any atom is 0.265 e. The fraction of sp³-hybridized carbons (Fsp3) is 0.0455. The van der Waals surface area contributed by atoms with Gasteiger partial charge in [0.25, 0.3) is 10.0 Å². The third kappa shape index (κ3) is 4.34. The number of hydrogen-bond acceptors (Lipinski definition) is 3. The van der Waals surface area contributed by atoms with Crippen molar-refractivity contribution in [2.75, 3.05) is 4.72 Å². The van der Waals surface area contributed by atoms with Crippen LogP contribution < -0.4 is 4.72 Å². The molecule has 3 aromatic carbocycles. The van der Waals surface area contributed by atoms with Crippen LogP contribution in [0.15, 0.2) is 96.0 Å². The predicted molar refractivity (Wildman–Crippen MR) is 115 cm³/mol. The van der Waals surface area contributed by atoms with Gasteiger partial charge in [0.15, 0.2) is 0 Å². The molecule has 1 aromatic heterocycles. The maximum atomic E-state index is 13.2. The minimum absolute atomic E-state index is 0.0968. The van der Waals surface area contributed by atoms with E-state index in [9.17, 15) is 8.42 Å². The highest BCUT2D eigenvalue weighted by molar-refractivity contribution is 7.92. The largest absolute Gasteiger partial charge is 0.278 e. The molecule has 0 saturated carbocycles. The first-order valence-corrected chi connectivity index (χ1v) is 10.8. The Morgan fingerprint density at radius 2 is 1.48 bits per heavy atom. The van der Waals surface area contributed by atoms with Crippen LogP contribution in [0.25, 0.3) is 11.3 Å².